The fourth-order valence-electron chi connectivity index (χ4n) is 2.71. The Balaban J connectivity index is 2.01. The van der Waals surface area contributed by atoms with Crippen LogP contribution in [0, 0.1) is 13.8 Å². The van der Waals surface area contributed by atoms with Gasteiger partial charge in [0, 0.05) is 21.1 Å². The van der Waals surface area contributed by atoms with Gasteiger partial charge in [0.2, 0.25) is 0 Å². The van der Waals surface area contributed by atoms with Crippen molar-refractivity contribution >= 4 is 37.5 Å². The van der Waals surface area contributed by atoms with Crippen LogP contribution in [0.1, 0.15) is 11.4 Å². The van der Waals surface area contributed by atoms with E-state index in [-0.39, 0.29) is 0 Å². The van der Waals surface area contributed by atoms with E-state index in [2.05, 4.69) is 54.6 Å². The van der Waals surface area contributed by atoms with E-state index in [1.165, 1.54) is 0 Å². The normalized spacial score (nSPS) is 11.3. The van der Waals surface area contributed by atoms with E-state index in [1.54, 1.807) is 17.7 Å². The minimum absolute atomic E-state index is 0.833. The fourth-order valence-corrected chi connectivity index (χ4v) is 3.88. The van der Waals surface area contributed by atoms with E-state index in [0.717, 1.165) is 43.0 Å². The smallest absolute Gasteiger partial charge is 0.166 e. The molecule has 0 unspecified atom stereocenters. The van der Waals surface area contributed by atoms with Gasteiger partial charge in [0.15, 0.2) is 5.82 Å². The van der Waals surface area contributed by atoms with Crippen LogP contribution in [0.25, 0.3) is 27.2 Å². The van der Waals surface area contributed by atoms with E-state index in [0.29, 0.717) is 0 Å². The maximum atomic E-state index is 4.58. The summed E-state index contributed by atoms with van der Waals surface area (Å²) in [4.78, 5) is 9.91. The van der Waals surface area contributed by atoms with Gasteiger partial charge in [-0.25, -0.2) is 14.6 Å². The molecule has 1 aromatic carbocycles. The SMILES string of the molecule is Cc1cc(C)n(-c2ncnc3scc(-c4ccc(Br)cc4)c23)n1. The quantitative estimate of drug-likeness (QED) is 0.492. The second kappa shape index (κ2) is 5.54. The van der Waals surface area contributed by atoms with Crippen molar-refractivity contribution in [1.82, 2.24) is 19.7 Å². The Bertz CT molecular complexity index is 1000. The summed E-state index contributed by atoms with van der Waals surface area (Å²) in [7, 11) is 0. The van der Waals surface area contributed by atoms with Crippen molar-refractivity contribution in [3.8, 4) is 16.9 Å². The molecule has 4 aromatic rings. The molecule has 0 spiro atoms. The summed E-state index contributed by atoms with van der Waals surface area (Å²) in [6.45, 7) is 4.03. The third-order valence-electron chi connectivity index (χ3n) is 3.72. The van der Waals surface area contributed by atoms with Crippen LogP contribution >= 0.6 is 27.3 Å². The third-order valence-corrected chi connectivity index (χ3v) is 5.13. The van der Waals surface area contributed by atoms with Gasteiger partial charge in [0.1, 0.15) is 11.2 Å². The lowest BCUT2D eigenvalue weighted by Crippen LogP contribution is -2.03. The molecule has 4 rings (SSSR count). The molecule has 6 heteroatoms. The Morgan fingerprint density at radius 3 is 2.57 bits per heavy atom. The van der Waals surface area contributed by atoms with Crippen LogP contribution in [0.5, 0.6) is 0 Å². The third kappa shape index (κ3) is 2.48. The van der Waals surface area contributed by atoms with Crippen molar-refractivity contribution in [2.75, 3.05) is 0 Å². The summed E-state index contributed by atoms with van der Waals surface area (Å²) in [5, 5.41) is 7.77. The minimum atomic E-state index is 0.833. The minimum Gasteiger partial charge on any atom is -0.225 e. The molecule has 0 N–H and O–H groups in total. The van der Waals surface area contributed by atoms with E-state index in [9.17, 15) is 0 Å². The van der Waals surface area contributed by atoms with Gasteiger partial charge in [0.05, 0.1) is 11.1 Å². The molecule has 0 atom stereocenters. The Hall–Kier alpha value is -2.05. The molecule has 23 heavy (non-hydrogen) atoms. The largest absolute Gasteiger partial charge is 0.225 e. The van der Waals surface area contributed by atoms with Gasteiger partial charge in [-0.1, -0.05) is 28.1 Å². The molecule has 0 aliphatic heterocycles. The highest BCUT2D eigenvalue weighted by Crippen LogP contribution is 2.36. The van der Waals surface area contributed by atoms with Crippen molar-refractivity contribution < 1.29 is 0 Å². The van der Waals surface area contributed by atoms with Crippen molar-refractivity contribution in [2.24, 2.45) is 0 Å². The van der Waals surface area contributed by atoms with Crippen LogP contribution in [-0.4, -0.2) is 19.7 Å². The molecule has 4 nitrogen and oxygen atoms in total. The maximum Gasteiger partial charge on any atom is 0.166 e. The average Bonchev–Trinajstić information content (AvgIpc) is 3.11. The molecular weight excluding hydrogens is 372 g/mol. The van der Waals surface area contributed by atoms with Crippen LogP contribution in [0.15, 0.2) is 46.5 Å². The highest BCUT2D eigenvalue weighted by atomic mass is 79.9. The number of hydrogen-bond acceptors (Lipinski definition) is 4. The molecule has 0 saturated heterocycles. The van der Waals surface area contributed by atoms with E-state index < -0.39 is 0 Å². The number of aromatic nitrogens is 4. The topological polar surface area (TPSA) is 43.6 Å². The number of thiophene rings is 1. The van der Waals surface area contributed by atoms with E-state index in [4.69, 9.17) is 0 Å². The Labute approximate surface area is 146 Å². The molecule has 0 bridgehead atoms. The first-order chi connectivity index (χ1) is 11.1. The molecule has 0 aliphatic rings. The van der Waals surface area contributed by atoms with Gasteiger partial charge in [-0.3, -0.25) is 0 Å². The first-order valence-electron chi connectivity index (χ1n) is 7.15. The summed E-state index contributed by atoms with van der Waals surface area (Å²) < 4.78 is 2.96. The molecule has 114 valence electrons. The number of benzene rings is 1. The number of rotatable bonds is 2. The zero-order valence-corrected chi connectivity index (χ0v) is 15.0. The molecule has 3 heterocycles. The number of hydrogen-bond donors (Lipinski definition) is 0. The predicted molar refractivity (Wildman–Crippen MR) is 97.1 cm³/mol. The molecular formula is C17H13BrN4S. The van der Waals surface area contributed by atoms with Gasteiger partial charge in [-0.2, -0.15) is 5.10 Å². The van der Waals surface area contributed by atoms with Crippen LogP contribution in [0.4, 0.5) is 0 Å². The van der Waals surface area contributed by atoms with Gasteiger partial charge in [-0.15, -0.1) is 11.3 Å². The number of aryl methyl sites for hydroxylation is 2. The van der Waals surface area contributed by atoms with Gasteiger partial charge in [-0.05, 0) is 37.6 Å². The van der Waals surface area contributed by atoms with Crippen molar-refractivity contribution in [2.45, 2.75) is 13.8 Å². The molecule has 0 saturated carbocycles. The summed E-state index contributed by atoms with van der Waals surface area (Å²) in [5.74, 6) is 0.833. The number of nitrogens with zero attached hydrogens (tertiary/aromatic N) is 4. The second-order valence-electron chi connectivity index (χ2n) is 5.37. The van der Waals surface area contributed by atoms with Gasteiger partial charge >= 0.3 is 0 Å². The number of halogens is 1. The molecule has 3 aromatic heterocycles. The van der Waals surface area contributed by atoms with Gasteiger partial charge < -0.3 is 0 Å². The molecule has 0 radical (unpaired) electrons. The van der Waals surface area contributed by atoms with E-state index >= 15 is 0 Å². The Morgan fingerprint density at radius 1 is 1.09 bits per heavy atom. The Morgan fingerprint density at radius 2 is 1.87 bits per heavy atom. The Kier molecular flexibility index (Phi) is 3.50. The zero-order chi connectivity index (χ0) is 16.0. The van der Waals surface area contributed by atoms with Crippen molar-refractivity contribution in [3.63, 3.8) is 0 Å². The highest BCUT2D eigenvalue weighted by molar-refractivity contribution is 9.10. The van der Waals surface area contributed by atoms with Gasteiger partial charge in [0.25, 0.3) is 0 Å². The first-order valence-corrected chi connectivity index (χ1v) is 8.82. The number of fused-ring (bicyclic) bond motifs is 1. The summed E-state index contributed by atoms with van der Waals surface area (Å²) in [5.41, 5.74) is 4.34. The first kappa shape index (κ1) is 14.5. The zero-order valence-electron chi connectivity index (χ0n) is 12.6. The standard InChI is InChI=1S/C17H13BrN4S/c1-10-7-11(2)22(21-10)16-15-14(8-23-17(15)20-9-19-16)12-3-5-13(18)6-4-12/h3-9H,1-2H3. The van der Waals surface area contributed by atoms with Crippen LogP contribution in [0.3, 0.4) is 0 Å². The highest BCUT2D eigenvalue weighted by Gasteiger charge is 2.16. The van der Waals surface area contributed by atoms with Crippen molar-refractivity contribution in [1.29, 1.82) is 0 Å². The van der Waals surface area contributed by atoms with E-state index in [1.807, 2.05) is 30.7 Å². The predicted octanol–water partition coefficient (Wildman–Crippen LogP) is 4.92. The lowest BCUT2D eigenvalue weighted by molar-refractivity contribution is 0.811. The summed E-state index contributed by atoms with van der Waals surface area (Å²) >= 11 is 5.12. The lowest BCUT2D eigenvalue weighted by Gasteiger charge is -2.07. The lowest BCUT2D eigenvalue weighted by atomic mass is 10.1. The summed E-state index contributed by atoms with van der Waals surface area (Å²) in [6, 6.07) is 10.4. The fraction of sp³-hybridized carbons (Fsp3) is 0.118. The molecule has 0 aliphatic carbocycles. The maximum absolute atomic E-state index is 4.58. The van der Waals surface area contributed by atoms with Crippen molar-refractivity contribution in [3.05, 3.63) is 57.9 Å². The summed E-state index contributed by atoms with van der Waals surface area (Å²) in [6.07, 6.45) is 1.61. The average molecular weight is 385 g/mol. The van der Waals surface area contributed by atoms with Crippen LogP contribution in [0.2, 0.25) is 0 Å². The van der Waals surface area contributed by atoms with Crippen LogP contribution < -0.4 is 0 Å². The monoisotopic (exact) mass is 384 g/mol. The molecule has 0 amide bonds. The second-order valence-corrected chi connectivity index (χ2v) is 7.15. The molecule has 0 fully saturated rings. The van der Waals surface area contributed by atoms with Crippen LogP contribution in [-0.2, 0) is 0 Å².